The predicted molar refractivity (Wildman–Crippen MR) is 111 cm³/mol. The maximum absolute atomic E-state index is 12.6. The van der Waals surface area contributed by atoms with E-state index < -0.39 is 17.8 Å². The van der Waals surface area contributed by atoms with Crippen molar-refractivity contribution in [2.24, 2.45) is 10.7 Å². The molecule has 0 fully saturated rings. The zero-order valence-electron chi connectivity index (χ0n) is 16.3. The van der Waals surface area contributed by atoms with Crippen LogP contribution in [0.25, 0.3) is 22.0 Å². The second-order valence-corrected chi connectivity index (χ2v) is 6.66. The van der Waals surface area contributed by atoms with Crippen molar-refractivity contribution in [1.82, 2.24) is 10.3 Å². The highest BCUT2D eigenvalue weighted by molar-refractivity contribution is 6.11. The lowest BCUT2D eigenvalue weighted by Gasteiger charge is -2.09. The lowest BCUT2D eigenvalue weighted by molar-refractivity contribution is -0.0925. The minimum atomic E-state index is -4.71. The second-order valence-electron chi connectivity index (χ2n) is 6.66. The molecule has 1 aromatic heterocycles. The number of amides is 1. The third kappa shape index (κ3) is 4.83. The fourth-order valence-electron chi connectivity index (χ4n) is 2.74. The predicted octanol–water partition coefficient (Wildman–Crippen LogP) is 4.37. The van der Waals surface area contributed by atoms with E-state index in [0.717, 1.165) is 22.1 Å². The smallest absolute Gasteiger partial charge is 0.395 e. The molecule has 0 bridgehead atoms. The monoisotopic (exact) mass is 412 g/mol. The van der Waals surface area contributed by atoms with Crippen LogP contribution < -0.4 is 11.1 Å². The number of hydrogen-bond donors (Lipinski definition) is 2. The van der Waals surface area contributed by atoms with Crippen LogP contribution in [0.15, 0.2) is 71.5 Å². The Morgan fingerprint density at radius 3 is 2.43 bits per heavy atom. The summed E-state index contributed by atoms with van der Waals surface area (Å²) in [7, 11) is 1.25. The number of carbonyl (C=O) groups is 1. The fraction of sp³-hybridized carbons (Fsp3) is 0.136. The van der Waals surface area contributed by atoms with Crippen molar-refractivity contribution in [2.45, 2.75) is 13.1 Å². The summed E-state index contributed by atoms with van der Waals surface area (Å²) < 4.78 is 37.8. The quantitative estimate of drug-likeness (QED) is 0.495. The summed E-state index contributed by atoms with van der Waals surface area (Å²) in [5.74, 6) is -0.911. The normalized spacial score (nSPS) is 12.8. The number of hydrogen-bond acceptors (Lipinski definition) is 4. The first kappa shape index (κ1) is 21.0. The van der Waals surface area contributed by atoms with E-state index >= 15 is 0 Å². The molecular weight excluding hydrogens is 393 g/mol. The number of aryl methyl sites for hydroxylation is 1. The summed E-state index contributed by atoms with van der Waals surface area (Å²) in [6.07, 6.45) is -2.42. The van der Waals surface area contributed by atoms with Crippen molar-refractivity contribution in [1.29, 1.82) is 0 Å². The number of fused-ring (bicyclic) bond motifs is 1. The van der Waals surface area contributed by atoms with E-state index in [1.807, 2.05) is 37.3 Å². The van der Waals surface area contributed by atoms with E-state index in [1.165, 1.54) is 7.05 Å². The number of pyridine rings is 1. The molecule has 154 valence electrons. The largest absolute Gasteiger partial charge is 0.430 e. The molecule has 3 rings (SSSR count). The number of aliphatic imine (C=N–C) groups is 1. The van der Waals surface area contributed by atoms with Crippen LogP contribution in [0.2, 0.25) is 0 Å². The first-order chi connectivity index (χ1) is 14.2. The molecule has 0 unspecified atom stereocenters. The average molecular weight is 412 g/mol. The standard InChI is InChI=1S/C22H19F3N4O/c1-13-3-5-14(6-4-13)17-9-15-7-8-16(10-18(15)28-12-17)21(30)29-20(27-2)11-19(26)22(23,24)25/h3-12H,26H2,1-2H3,(H,27,29,30). The molecule has 0 saturated heterocycles. The number of benzene rings is 2. The van der Waals surface area contributed by atoms with Crippen molar-refractivity contribution < 1.29 is 18.0 Å². The molecule has 1 amide bonds. The van der Waals surface area contributed by atoms with E-state index in [-0.39, 0.29) is 11.4 Å². The molecule has 30 heavy (non-hydrogen) atoms. The van der Waals surface area contributed by atoms with E-state index in [1.54, 1.807) is 24.4 Å². The van der Waals surface area contributed by atoms with Crippen molar-refractivity contribution in [3.63, 3.8) is 0 Å². The summed E-state index contributed by atoms with van der Waals surface area (Å²) in [4.78, 5) is 20.5. The van der Waals surface area contributed by atoms with Crippen LogP contribution in [-0.4, -0.2) is 30.0 Å². The highest BCUT2D eigenvalue weighted by atomic mass is 19.4. The number of amidine groups is 1. The number of nitrogens with one attached hydrogen (secondary N) is 1. The number of aromatic nitrogens is 1. The number of carbonyl (C=O) groups excluding carboxylic acids is 1. The molecule has 1 heterocycles. The summed E-state index contributed by atoms with van der Waals surface area (Å²) >= 11 is 0. The maximum Gasteiger partial charge on any atom is 0.430 e. The van der Waals surface area contributed by atoms with Crippen LogP contribution in [0.1, 0.15) is 15.9 Å². The molecule has 5 nitrogen and oxygen atoms in total. The molecule has 0 aliphatic carbocycles. The van der Waals surface area contributed by atoms with Crippen LogP contribution in [-0.2, 0) is 0 Å². The van der Waals surface area contributed by atoms with Gasteiger partial charge in [-0.2, -0.15) is 13.2 Å². The molecule has 0 aliphatic rings. The van der Waals surface area contributed by atoms with E-state index in [2.05, 4.69) is 15.3 Å². The highest BCUT2D eigenvalue weighted by Crippen LogP contribution is 2.24. The first-order valence-electron chi connectivity index (χ1n) is 8.97. The van der Waals surface area contributed by atoms with Gasteiger partial charge in [0.1, 0.15) is 11.5 Å². The maximum atomic E-state index is 12.6. The Morgan fingerprint density at radius 2 is 1.80 bits per heavy atom. The summed E-state index contributed by atoms with van der Waals surface area (Å²) in [6, 6.07) is 14.9. The SMILES string of the molecule is CN=C(C=C(N)C(F)(F)F)NC(=O)c1ccc2cc(-c3ccc(C)cc3)cnc2c1. The summed E-state index contributed by atoms with van der Waals surface area (Å²) in [5, 5.41) is 3.15. The molecule has 0 aliphatic heterocycles. The Hall–Kier alpha value is -3.68. The number of nitrogens with two attached hydrogens (primary N) is 1. The van der Waals surface area contributed by atoms with Crippen LogP contribution in [0.5, 0.6) is 0 Å². The van der Waals surface area contributed by atoms with Crippen molar-refractivity contribution in [3.8, 4) is 11.1 Å². The molecule has 8 heteroatoms. The minimum Gasteiger partial charge on any atom is -0.395 e. The molecule has 0 radical (unpaired) electrons. The van der Waals surface area contributed by atoms with E-state index in [4.69, 9.17) is 5.73 Å². The number of allylic oxidation sites excluding steroid dienone is 1. The lowest BCUT2D eigenvalue weighted by atomic mass is 10.0. The second kappa shape index (κ2) is 8.36. The Bertz CT molecular complexity index is 1150. The number of nitrogens with zero attached hydrogens (tertiary/aromatic N) is 2. The van der Waals surface area contributed by atoms with Gasteiger partial charge in [0.2, 0.25) is 0 Å². The van der Waals surface area contributed by atoms with E-state index in [0.29, 0.717) is 11.6 Å². The molecule has 3 N–H and O–H groups in total. The Balaban J connectivity index is 1.83. The Labute approximate surface area is 171 Å². The van der Waals surface area contributed by atoms with Crippen LogP contribution in [0.4, 0.5) is 13.2 Å². The minimum absolute atomic E-state index is 0.234. The van der Waals surface area contributed by atoms with Gasteiger partial charge in [-0.3, -0.25) is 14.8 Å². The molecule has 0 saturated carbocycles. The van der Waals surface area contributed by atoms with Gasteiger partial charge in [-0.25, -0.2) is 0 Å². The van der Waals surface area contributed by atoms with Gasteiger partial charge in [0.25, 0.3) is 5.91 Å². The van der Waals surface area contributed by atoms with Crippen molar-refractivity contribution in [3.05, 3.63) is 77.6 Å². The van der Waals surface area contributed by atoms with Crippen molar-refractivity contribution >= 4 is 22.6 Å². The van der Waals surface area contributed by atoms with Gasteiger partial charge >= 0.3 is 6.18 Å². The number of halogens is 3. The third-order valence-electron chi connectivity index (χ3n) is 4.43. The summed E-state index contributed by atoms with van der Waals surface area (Å²) in [5.41, 5.74) is 7.56. The number of alkyl halides is 3. The van der Waals surface area contributed by atoms with Crippen LogP contribution in [0.3, 0.4) is 0 Å². The molecule has 3 aromatic rings. The Kier molecular flexibility index (Phi) is 5.86. The fourth-order valence-corrected chi connectivity index (χ4v) is 2.74. The Morgan fingerprint density at radius 1 is 1.10 bits per heavy atom. The zero-order chi connectivity index (χ0) is 21.9. The first-order valence-corrected chi connectivity index (χ1v) is 8.97. The topological polar surface area (TPSA) is 80.4 Å². The van der Waals surface area contributed by atoms with Gasteiger partial charge < -0.3 is 11.1 Å². The molecule has 0 spiro atoms. The van der Waals surface area contributed by atoms with Gasteiger partial charge in [-0.05, 0) is 30.7 Å². The van der Waals surface area contributed by atoms with Gasteiger partial charge in [-0.1, -0.05) is 35.9 Å². The van der Waals surface area contributed by atoms with Crippen LogP contribution in [0, 0.1) is 6.92 Å². The van der Waals surface area contributed by atoms with E-state index in [9.17, 15) is 18.0 Å². The number of rotatable bonds is 3. The lowest BCUT2D eigenvalue weighted by Crippen LogP contribution is -2.31. The van der Waals surface area contributed by atoms with Crippen LogP contribution >= 0.6 is 0 Å². The zero-order valence-corrected chi connectivity index (χ0v) is 16.3. The van der Waals surface area contributed by atoms with Gasteiger partial charge in [0.05, 0.1) is 5.52 Å². The van der Waals surface area contributed by atoms with Gasteiger partial charge in [-0.15, -0.1) is 0 Å². The van der Waals surface area contributed by atoms with Gasteiger partial charge in [0.15, 0.2) is 0 Å². The molecule has 2 aromatic carbocycles. The summed E-state index contributed by atoms with van der Waals surface area (Å²) in [6.45, 7) is 2.01. The third-order valence-corrected chi connectivity index (χ3v) is 4.43. The van der Waals surface area contributed by atoms with Gasteiger partial charge in [0, 0.05) is 35.8 Å². The molecular formula is C22H19F3N4O. The molecule has 0 atom stereocenters. The highest BCUT2D eigenvalue weighted by Gasteiger charge is 2.31. The van der Waals surface area contributed by atoms with Crippen molar-refractivity contribution in [2.75, 3.05) is 7.05 Å². The average Bonchev–Trinajstić information content (AvgIpc) is 2.72.